The second-order valence-corrected chi connectivity index (χ2v) is 5.49. The summed E-state index contributed by atoms with van der Waals surface area (Å²) in [4.78, 5) is 4.60. The van der Waals surface area contributed by atoms with Crippen molar-refractivity contribution in [1.29, 1.82) is 0 Å². The topological polar surface area (TPSA) is 18.5 Å². The Morgan fingerprint density at radius 3 is 2.72 bits per heavy atom. The van der Waals surface area contributed by atoms with E-state index in [9.17, 15) is 0 Å². The van der Waals surface area contributed by atoms with Gasteiger partial charge in [-0.1, -0.05) is 12.1 Å². The molecule has 0 radical (unpaired) electrons. The molecule has 2 rings (SSSR count). The van der Waals surface area contributed by atoms with Crippen molar-refractivity contribution in [3.05, 3.63) is 24.3 Å². The van der Waals surface area contributed by atoms with Crippen molar-refractivity contribution in [1.82, 2.24) is 4.90 Å². The predicted octanol–water partition coefficient (Wildman–Crippen LogP) is 2.65. The van der Waals surface area contributed by atoms with E-state index in [2.05, 4.69) is 60.5 Å². The zero-order valence-electron chi connectivity index (χ0n) is 11.8. The Labute approximate surface area is 111 Å². The van der Waals surface area contributed by atoms with Gasteiger partial charge in [0, 0.05) is 20.1 Å². The number of hydrogen-bond donors (Lipinski definition) is 1. The summed E-state index contributed by atoms with van der Waals surface area (Å²) in [6.45, 7) is 2.43. The minimum absolute atomic E-state index is 0.607. The zero-order chi connectivity index (χ0) is 13.0. The van der Waals surface area contributed by atoms with E-state index in [0.717, 1.165) is 0 Å². The van der Waals surface area contributed by atoms with Crippen molar-refractivity contribution < 1.29 is 0 Å². The third kappa shape index (κ3) is 3.39. The highest BCUT2D eigenvalue weighted by Gasteiger charge is 2.15. The molecule has 1 saturated heterocycles. The average Bonchev–Trinajstić information content (AvgIpc) is 2.55. The fourth-order valence-electron chi connectivity index (χ4n) is 2.59. The maximum atomic E-state index is 3.72. The highest BCUT2D eigenvalue weighted by molar-refractivity contribution is 5.69. The van der Waals surface area contributed by atoms with Crippen LogP contribution in [0.3, 0.4) is 0 Å². The van der Waals surface area contributed by atoms with E-state index in [1.807, 2.05) is 0 Å². The van der Waals surface area contributed by atoms with Gasteiger partial charge in [-0.15, -0.1) is 0 Å². The molecule has 1 fully saturated rings. The molecule has 18 heavy (non-hydrogen) atoms. The molecule has 0 aromatic heterocycles. The summed E-state index contributed by atoms with van der Waals surface area (Å²) in [5.74, 6) is 0. The molecule has 1 unspecified atom stereocenters. The molecule has 3 nitrogen and oxygen atoms in total. The van der Waals surface area contributed by atoms with E-state index >= 15 is 0 Å². The van der Waals surface area contributed by atoms with Crippen molar-refractivity contribution in [3.8, 4) is 0 Å². The van der Waals surface area contributed by atoms with E-state index in [1.54, 1.807) is 0 Å². The molecule has 3 heteroatoms. The van der Waals surface area contributed by atoms with Crippen molar-refractivity contribution >= 4 is 11.4 Å². The van der Waals surface area contributed by atoms with E-state index in [1.165, 1.54) is 43.7 Å². The van der Waals surface area contributed by atoms with Crippen LogP contribution in [0.1, 0.15) is 19.3 Å². The van der Waals surface area contributed by atoms with E-state index < -0.39 is 0 Å². The summed E-state index contributed by atoms with van der Waals surface area (Å²) < 4.78 is 0. The quantitative estimate of drug-likeness (QED) is 0.886. The lowest BCUT2D eigenvalue weighted by Gasteiger charge is -2.23. The number of nitrogens with zero attached hydrogens (tertiary/aromatic N) is 2. The summed E-state index contributed by atoms with van der Waals surface area (Å²) >= 11 is 0. The first-order chi connectivity index (χ1) is 8.66. The van der Waals surface area contributed by atoms with Crippen LogP contribution in [-0.2, 0) is 0 Å². The van der Waals surface area contributed by atoms with Crippen LogP contribution in [-0.4, -0.2) is 45.2 Å². The Morgan fingerprint density at radius 2 is 1.94 bits per heavy atom. The maximum absolute atomic E-state index is 3.72. The van der Waals surface area contributed by atoms with E-state index in [4.69, 9.17) is 0 Å². The SMILES string of the molecule is CN1CCCC(Nc2ccccc2N(C)C)CC1. The number of anilines is 2. The Morgan fingerprint density at radius 1 is 1.17 bits per heavy atom. The number of hydrogen-bond acceptors (Lipinski definition) is 3. The number of likely N-dealkylation sites (tertiary alicyclic amines) is 1. The summed E-state index contributed by atoms with van der Waals surface area (Å²) in [7, 11) is 6.42. The van der Waals surface area contributed by atoms with Crippen LogP contribution >= 0.6 is 0 Å². The van der Waals surface area contributed by atoms with Gasteiger partial charge in [-0.2, -0.15) is 0 Å². The van der Waals surface area contributed by atoms with Crippen LogP contribution in [0, 0.1) is 0 Å². The van der Waals surface area contributed by atoms with Crippen LogP contribution < -0.4 is 10.2 Å². The molecule has 1 aromatic carbocycles. The van der Waals surface area contributed by atoms with Crippen LogP contribution in [0.4, 0.5) is 11.4 Å². The van der Waals surface area contributed by atoms with E-state index in [-0.39, 0.29) is 0 Å². The molecule has 1 aliphatic heterocycles. The molecule has 1 heterocycles. The average molecular weight is 247 g/mol. The first kappa shape index (κ1) is 13.2. The van der Waals surface area contributed by atoms with Gasteiger partial charge in [0.25, 0.3) is 0 Å². The largest absolute Gasteiger partial charge is 0.381 e. The minimum Gasteiger partial charge on any atom is -0.381 e. The van der Waals surface area contributed by atoms with E-state index in [0.29, 0.717) is 6.04 Å². The van der Waals surface area contributed by atoms with Crippen LogP contribution in [0.15, 0.2) is 24.3 Å². The van der Waals surface area contributed by atoms with Crippen molar-refractivity contribution in [3.63, 3.8) is 0 Å². The molecule has 0 amide bonds. The normalized spacial score (nSPS) is 21.4. The van der Waals surface area contributed by atoms with Gasteiger partial charge in [0.2, 0.25) is 0 Å². The number of benzene rings is 1. The van der Waals surface area contributed by atoms with Gasteiger partial charge < -0.3 is 15.1 Å². The number of para-hydroxylation sites is 2. The second kappa shape index (κ2) is 6.10. The third-order valence-corrected chi connectivity index (χ3v) is 3.70. The summed E-state index contributed by atoms with van der Waals surface area (Å²) in [6, 6.07) is 9.17. The summed E-state index contributed by atoms with van der Waals surface area (Å²) in [5, 5.41) is 3.72. The molecule has 0 bridgehead atoms. The third-order valence-electron chi connectivity index (χ3n) is 3.70. The highest BCUT2D eigenvalue weighted by atomic mass is 15.1. The van der Waals surface area contributed by atoms with Gasteiger partial charge in [0.15, 0.2) is 0 Å². The lowest BCUT2D eigenvalue weighted by molar-refractivity contribution is 0.348. The van der Waals surface area contributed by atoms with Crippen LogP contribution in [0.5, 0.6) is 0 Å². The number of rotatable bonds is 3. The second-order valence-electron chi connectivity index (χ2n) is 5.49. The molecule has 0 saturated carbocycles. The Kier molecular flexibility index (Phi) is 4.48. The lowest BCUT2D eigenvalue weighted by atomic mass is 10.1. The fourth-order valence-corrected chi connectivity index (χ4v) is 2.59. The maximum Gasteiger partial charge on any atom is 0.0596 e. The Hall–Kier alpha value is -1.22. The number of nitrogens with one attached hydrogen (secondary N) is 1. The lowest BCUT2D eigenvalue weighted by Crippen LogP contribution is -2.24. The van der Waals surface area contributed by atoms with Gasteiger partial charge >= 0.3 is 0 Å². The first-order valence-corrected chi connectivity index (χ1v) is 6.88. The molecule has 1 aromatic rings. The van der Waals surface area contributed by atoms with Crippen LogP contribution in [0.2, 0.25) is 0 Å². The van der Waals surface area contributed by atoms with Gasteiger partial charge in [-0.3, -0.25) is 0 Å². The highest BCUT2D eigenvalue weighted by Crippen LogP contribution is 2.26. The Balaban J connectivity index is 2.04. The standard InChI is InChI=1S/C15H25N3/c1-17(2)15-9-5-4-8-14(15)16-13-7-6-11-18(3)12-10-13/h4-5,8-9,13,16H,6-7,10-12H2,1-3H3. The van der Waals surface area contributed by atoms with Crippen molar-refractivity contribution in [2.24, 2.45) is 0 Å². The minimum atomic E-state index is 0.607. The monoisotopic (exact) mass is 247 g/mol. The molecule has 1 aliphatic rings. The zero-order valence-corrected chi connectivity index (χ0v) is 11.8. The molecule has 1 N–H and O–H groups in total. The smallest absolute Gasteiger partial charge is 0.0596 e. The summed E-state index contributed by atoms with van der Waals surface area (Å²) in [5.41, 5.74) is 2.53. The fraction of sp³-hybridized carbons (Fsp3) is 0.600. The first-order valence-electron chi connectivity index (χ1n) is 6.88. The van der Waals surface area contributed by atoms with Crippen molar-refractivity contribution in [2.75, 3.05) is 44.4 Å². The summed E-state index contributed by atoms with van der Waals surface area (Å²) in [6.07, 6.45) is 3.79. The molecule has 0 aliphatic carbocycles. The van der Waals surface area contributed by atoms with Crippen molar-refractivity contribution in [2.45, 2.75) is 25.3 Å². The molecule has 0 spiro atoms. The Bertz CT molecular complexity index is 376. The predicted molar refractivity (Wildman–Crippen MR) is 79.5 cm³/mol. The van der Waals surface area contributed by atoms with Gasteiger partial charge in [-0.05, 0) is 51.5 Å². The van der Waals surface area contributed by atoms with Gasteiger partial charge in [0.1, 0.15) is 0 Å². The molecule has 1 atom stereocenters. The molecular weight excluding hydrogens is 222 g/mol. The van der Waals surface area contributed by atoms with Crippen LogP contribution in [0.25, 0.3) is 0 Å². The van der Waals surface area contributed by atoms with Gasteiger partial charge in [0.05, 0.1) is 11.4 Å². The molecular formula is C15H25N3. The molecule has 100 valence electrons. The van der Waals surface area contributed by atoms with Gasteiger partial charge in [-0.25, -0.2) is 0 Å².